The van der Waals surface area contributed by atoms with Crippen molar-refractivity contribution in [3.8, 4) is 22.8 Å². The fourth-order valence-corrected chi connectivity index (χ4v) is 7.89. The fraction of sp³-hybridized carbons (Fsp3) is 0.605. The first kappa shape index (κ1) is 45.5. The number of hydrogen-bond donors (Lipinski definition) is 15. The van der Waals surface area contributed by atoms with Crippen molar-refractivity contribution in [2.45, 2.75) is 123 Å². The number of aliphatic hydroxyl groups excluding tert-OH is 14. The number of phenols is 1. The van der Waals surface area contributed by atoms with Gasteiger partial charge in [0.15, 0.2) is 18.0 Å². The van der Waals surface area contributed by atoms with E-state index in [9.17, 15) is 81.4 Å². The molecule has 15 N–H and O–H groups in total. The SMILES string of the molecule is O=c1cc(-c2ccc(O)cc2)oc2cc(O[C@H]3OC[C@H](O[C@H]4O[C@H](CO)[C@@H](O)[C@H](O)[C@H]4O)[C@H](O)[C@H]3O)c([C@@H]3O[C@@H](CO)[C@@H](O)[C@H](O)[C@H]3O)c(C[C@@H]3O[C@@H](O)[C@H](O)[C@H](O)[C@H]3O)c12. The van der Waals surface area contributed by atoms with Gasteiger partial charge in [0.05, 0.1) is 31.3 Å². The van der Waals surface area contributed by atoms with Crippen molar-refractivity contribution in [2.75, 3.05) is 19.8 Å². The predicted octanol–water partition coefficient (Wildman–Crippen LogP) is -6.34. The molecule has 19 atom stereocenters. The number of phenolic OH excluding ortho intramolecular Hbond substituents is 1. The molecule has 2 aromatic carbocycles. The highest BCUT2D eigenvalue weighted by Crippen LogP contribution is 2.44. The molecule has 0 amide bonds. The Morgan fingerprint density at radius 2 is 1.21 bits per heavy atom. The first-order valence-corrected chi connectivity index (χ1v) is 19.2. The third-order valence-electron chi connectivity index (χ3n) is 11.4. The number of ether oxygens (including phenoxy) is 6. The van der Waals surface area contributed by atoms with Gasteiger partial charge in [-0.2, -0.15) is 0 Å². The van der Waals surface area contributed by atoms with Crippen LogP contribution in [0, 0.1) is 0 Å². The molecular weight excluding hydrogens is 824 g/mol. The van der Waals surface area contributed by atoms with Crippen LogP contribution in [0.4, 0.5) is 0 Å². The van der Waals surface area contributed by atoms with Gasteiger partial charge in [-0.3, -0.25) is 4.79 Å². The summed E-state index contributed by atoms with van der Waals surface area (Å²) < 4.78 is 40.3. The molecule has 0 unspecified atom stereocenters. The fourth-order valence-electron chi connectivity index (χ4n) is 7.89. The second kappa shape index (κ2) is 18.3. The minimum Gasteiger partial charge on any atom is -0.508 e. The van der Waals surface area contributed by atoms with E-state index in [4.69, 9.17) is 32.8 Å². The molecule has 4 fully saturated rings. The first-order valence-electron chi connectivity index (χ1n) is 19.2. The number of aliphatic hydroxyl groups is 14. The molecule has 4 aliphatic heterocycles. The first-order chi connectivity index (χ1) is 28.9. The molecule has 0 aliphatic carbocycles. The Morgan fingerprint density at radius 1 is 0.623 bits per heavy atom. The molecule has 338 valence electrons. The van der Waals surface area contributed by atoms with Crippen LogP contribution in [0.2, 0.25) is 0 Å². The molecule has 3 aromatic rings. The minimum atomic E-state index is -2.08. The van der Waals surface area contributed by atoms with E-state index in [2.05, 4.69) is 0 Å². The van der Waals surface area contributed by atoms with E-state index in [1.807, 2.05) is 0 Å². The van der Waals surface area contributed by atoms with Gasteiger partial charge < -0.3 is 109 Å². The topological polar surface area (TPSA) is 389 Å². The Kier molecular flexibility index (Phi) is 13.7. The largest absolute Gasteiger partial charge is 0.508 e. The predicted molar refractivity (Wildman–Crippen MR) is 196 cm³/mol. The second-order valence-corrected chi connectivity index (χ2v) is 15.3. The van der Waals surface area contributed by atoms with Crippen LogP contribution in [0.3, 0.4) is 0 Å². The van der Waals surface area contributed by atoms with Crippen molar-refractivity contribution in [1.29, 1.82) is 0 Å². The number of benzene rings is 2. The summed E-state index contributed by atoms with van der Waals surface area (Å²) in [6.45, 7) is -2.33. The molecule has 1 aromatic heterocycles. The molecule has 5 heterocycles. The molecular formula is C38H48O23. The number of aromatic hydroxyl groups is 1. The third kappa shape index (κ3) is 8.62. The van der Waals surface area contributed by atoms with E-state index in [0.29, 0.717) is 5.56 Å². The van der Waals surface area contributed by atoms with E-state index in [-0.39, 0.29) is 33.6 Å². The lowest BCUT2D eigenvalue weighted by molar-refractivity contribution is -0.338. The zero-order chi connectivity index (χ0) is 44.2. The van der Waals surface area contributed by atoms with Gasteiger partial charge in [0, 0.05) is 29.7 Å². The lowest BCUT2D eigenvalue weighted by Crippen LogP contribution is -2.62. The second-order valence-electron chi connectivity index (χ2n) is 15.3. The van der Waals surface area contributed by atoms with Gasteiger partial charge >= 0.3 is 0 Å². The lowest BCUT2D eigenvalue weighted by atomic mass is 9.84. The summed E-state index contributed by atoms with van der Waals surface area (Å²) in [4.78, 5) is 14.2. The van der Waals surface area contributed by atoms with Gasteiger partial charge in [-0.1, -0.05) is 0 Å². The average Bonchev–Trinajstić information content (AvgIpc) is 3.24. The Labute approximate surface area is 343 Å². The maximum absolute atomic E-state index is 14.2. The molecule has 4 aliphatic rings. The summed E-state index contributed by atoms with van der Waals surface area (Å²) in [5.74, 6) is -0.645. The van der Waals surface area contributed by atoms with Crippen LogP contribution in [0.5, 0.6) is 11.5 Å². The van der Waals surface area contributed by atoms with E-state index in [1.54, 1.807) is 0 Å². The van der Waals surface area contributed by atoms with Gasteiger partial charge in [0.25, 0.3) is 0 Å². The number of fused-ring (bicyclic) bond motifs is 1. The van der Waals surface area contributed by atoms with Crippen LogP contribution >= 0.6 is 0 Å². The summed E-state index contributed by atoms with van der Waals surface area (Å²) in [5.41, 5.74) is -1.43. The van der Waals surface area contributed by atoms with E-state index in [1.165, 1.54) is 24.3 Å². The molecule has 4 saturated heterocycles. The smallest absolute Gasteiger partial charge is 0.228 e. The van der Waals surface area contributed by atoms with Crippen LogP contribution in [0.1, 0.15) is 17.2 Å². The van der Waals surface area contributed by atoms with Crippen molar-refractivity contribution >= 4 is 11.0 Å². The van der Waals surface area contributed by atoms with Crippen molar-refractivity contribution in [2.24, 2.45) is 0 Å². The van der Waals surface area contributed by atoms with Crippen molar-refractivity contribution in [1.82, 2.24) is 0 Å². The van der Waals surface area contributed by atoms with Crippen molar-refractivity contribution < 1.29 is 109 Å². The molecule has 0 bridgehead atoms. The zero-order valence-electron chi connectivity index (χ0n) is 31.7. The number of hydrogen-bond acceptors (Lipinski definition) is 23. The van der Waals surface area contributed by atoms with Gasteiger partial charge in [-0.15, -0.1) is 0 Å². The normalized spacial score (nSPS) is 40.9. The summed E-state index contributed by atoms with van der Waals surface area (Å²) >= 11 is 0. The van der Waals surface area contributed by atoms with Gasteiger partial charge in [-0.05, 0) is 29.8 Å². The molecule has 23 heteroatoms. The average molecular weight is 873 g/mol. The third-order valence-corrected chi connectivity index (χ3v) is 11.4. The highest BCUT2D eigenvalue weighted by Gasteiger charge is 2.51. The van der Waals surface area contributed by atoms with Crippen molar-refractivity contribution in [3.63, 3.8) is 0 Å². The van der Waals surface area contributed by atoms with Crippen LogP contribution in [-0.2, 0) is 30.1 Å². The maximum Gasteiger partial charge on any atom is 0.228 e. The highest BCUT2D eigenvalue weighted by molar-refractivity contribution is 5.86. The maximum atomic E-state index is 14.2. The van der Waals surface area contributed by atoms with Crippen LogP contribution in [0.25, 0.3) is 22.3 Å². The van der Waals surface area contributed by atoms with Gasteiger partial charge in [-0.25, -0.2) is 0 Å². The van der Waals surface area contributed by atoms with E-state index in [0.717, 1.165) is 12.1 Å². The molecule has 0 saturated carbocycles. The zero-order valence-corrected chi connectivity index (χ0v) is 31.7. The van der Waals surface area contributed by atoms with Crippen LogP contribution in [-0.4, -0.2) is 207 Å². The highest BCUT2D eigenvalue weighted by atomic mass is 16.7. The molecule has 0 spiro atoms. The van der Waals surface area contributed by atoms with Gasteiger partial charge in [0.1, 0.15) is 114 Å². The Hall–Kier alpha value is -3.51. The molecule has 23 nitrogen and oxygen atoms in total. The number of rotatable bonds is 10. The van der Waals surface area contributed by atoms with E-state index < -0.39 is 154 Å². The lowest BCUT2D eigenvalue weighted by Gasteiger charge is -2.44. The summed E-state index contributed by atoms with van der Waals surface area (Å²) in [7, 11) is 0. The van der Waals surface area contributed by atoms with Crippen LogP contribution in [0.15, 0.2) is 45.6 Å². The van der Waals surface area contributed by atoms with E-state index >= 15 is 0 Å². The Morgan fingerprint density at radius 3 is 1.87 bits per heavy atom. The quantitative estimate of drug-likeness (QED) is 0.0901. The molecule has 0 radical (unpaired) electrons. The Bertz CT molecular complexity index is 2030. The summed E-state index contributed by atoms with van der Waals surface area (Å²) in [6, 6.07) is 7.63. The summed E-state index contributed by atoms with van der Waals surface area (Å²) in [6.07, 6.45) is -35.6. The Balaban J connectivity index is 1.33. The summed E-state index contributed by atoms with van der Waals surface area (Å²) in [5, 5.41) is 158. The van der Waals surface area contributed by atoms with Crippen LogP contribution < -0.4 is 10.2 Å². The van der Waals surface area contributed by atoms with Gasteiger partial charge in [0.2, 0.25) is 6.29 Å². The van der Waals surface area contributed by atoms with Crippen molar-refractivity contribution in [3.05, 3.63) is 57.7 Å². The standard InChI is InChI=1S/C38H48O23/c39-8-19-25(44)28(47)31(50)35(57-19)23-13(5-18-24(43)29(48)32(51)36(54)58-18)22-14(42)6-15(11-1-3-12(41)4-2-11)56-16(22)7-17(23)59-37-33(52)27(46)21(10-55-37)61-38-34(53)30(49)26(45)20(9-40)60-38/h1-4,6-7,18-21,24-41,43-54H,5,8-10H2/t18-,19-,20+,21-,24-,25+,26+,27-,28-,29+,30-,31+,32+,33+,34+,35-,36+,37+,38+/m0/s1. The monoisotopic (exact) mass is 872 g/mol. The molecule has 7 rings (SSSR count). The minimum absolute atomic E-state index is 0.0598. The molecule has 61 heavy (non-hydrogen) atoms.